The maximum atomic E-state index is 3.88. The zero-order valence-corrected chi connectivity index (χ0v) is 20.3. The van der Waals surface area contributed by atoms with E-state index in [0.717, 1.165) is 0 Å². The van der Waals surface area contributed by atoms with E-state index in [9.17, 15) is 0 Å². The van der Waals surface area contributed by atoms with Crippen molar-refractivity contribution < 1.29 is 0 Å². The molecule has 0 aliphatic carbocycles. The molecular formula is C24H48N4. The molecule has 3 aliphatic heterocycles. The summed E-state index contributed by atoms with van der Waals surface area (Å²) in [5, 5.41) is 7.76. The van der Waals surface area contributed by atoms with Crippen molar-refractivity contribution >= 4 is 0 Å². The first-order valence-electron chi connectivity index (χ1n) is 11.8. The molecule has 0 aromatic carbocycles. The molecule has 3 saturated heterocycles. The summed E-state index contributed by atoms with van der Waals surface area (Å²) >= 11 is 0. The number of hydrogen-bond acceptors (Lipinski definition) is 4. The van der Waals surface area contributed by atoms with Gasteiger partial charge in [0.1, 0.15) is 0 Å². The molecule has 4 nitrogen and oxygen atoms in total. The van der Waals surface area contributed by atoms with Crippen LogP contribution >= 0.6 is 0 Å². The van der Waals surface area contributed by atoms with E-state index in [0.29, 0.717) is 18.2 Å². The topological polar surface area (TPSA) is 30.5 Å². The van der Waals surface area contributed by atoms with Crippen LogP contribution in [-0.2, 0) is 0 Å². The maximum absolute atomic E-state index is 3.88. The van der Waals surface area contributed by atoms with E-state index in [-0.39, 0.29) is 22.2 Å². The highest BCUT2D eigenvalue weighted by Gasteiger charge is 2.46. The first kappa shape index (κ1) is 22.5. The third kappa shape index (κ3) is 5.11. The Morgan fingerprint density at radius 3 is 1.25 bits per heavy atom. The minimum Gasteiger partial charge on any atom is -0.307 e. The molecule has 0 bridgehead atoms. The molecule has 0 unspecified atom stereocenters. The average Bonchev–Trinajstić information content (AvgIpc) is 2.48. The van der Waals surface area contributed by atoms with Crippen LogP contribution in [-0.4, -0.2) is 63.3 Å². The lowest BCUT2D eigenvalue weighted by Crippen LogP contribution is -2.69. The van der Waals surface area contributed by atoms with Crippen molar-refractivity contribution in [3.05, 3.63) is 0 Å². The summed E-state index contributed by atoms with van der Waals surface area (Å²) in [7, 11) is 0. The molecule has 28 heavy (non-hydrogen) atoms. The first-order chi connectivity index (χ1) is 12.7. The molecule has 0 radical (unpaired) electrons. The predicted octanol–water partition coefficient (Wildman–Crippen LogP) is 4.35. The zero-order chi connectivity index (χ0) is 21.0. The molecule has 0 saturated carbocycles. The quantitative estimate of drug-likeness (QED) is 0.747. The van der Waals surface area contributed by atoms with E-state index in [2.05, 4.69) is 82.7 Å². The standard InChI is InChI=1S/C24H48N4/c1-10-20-27(18-14-21(2,3)25-22(4,5)15-18)12-11-13-28(20)19-16-23(6,7)26-24(8,9)17-19/h18-20,25-26H,10-17H2,1-9H3. The van der Waals surface area contributed by atoms with E-state index >= 15 is 0 Å². The molecule has 164 valence electrons. The van der Waals surface area contributed by atoms with Crippen LogP contribution in [0.3, 0.4) is 0 Å². The van der Waals surface area contributed by atoms with Crippen molar-refractivity contribution in [2.45, 2.75) is 141 Å². The van der Waals surface area contributed by atoms with Gasteiger partial charge in [-0.05, 0) is 93.9 Å². The van der Waals surface area contributed by atoms with Crippen LogP contribution in [0, 0.1) is 0 Å². The summed E-state index contributed by atoms with van der Waals surface area (Å²) in [6, 6.07) is 1.36. The van der Waals surface area contributed by atoms with E-state index in [1.54, 1.807) is 0 Å². The molecule has 3 aliphatic rings. The highest BCUT2D eigenvalue weighted by Crippen LogP contribution is 2.38. The zero-order valence-electron chi connectivity index (χ0n) is 20.3. The van der Waals surface area contributed by atoms with Crippen LogP contribution in [0.15, 0.2) is 0 Å². The summed E-state index contributed by atoms with van der Waals surface area (Å²) in [5.74, 6) is 0. The van der Waals surface area contributed by atoms with Crippen molar-refractivity contribution in [1.29, 1.82) is 0 Å². The minimum atomic E-state index is 0.214. The van der Waals surface area contributed by atoms with Crippen molar-refractivity contribution in [1.82, 2.24) is 20.4 Å². The molecule has 3 heterocycles. The molecular weight excluding hydrogens is 344 g/mol. The molecule has 3 fully saturated rings. The van der Waals surface area contributed by atoms with Crippen LogP contribution < -0.4 is 10.6 Å². The Morgan fingerprint density at radius 1 is 0.643 bits per heavy atom. The van der Waals surface area contributed by atoms with Gasteiger partial charge in [-0.15, -0.1) is 0 Å². The lowest BCUT2D eigenvalue weighted by atomic mass is 9.77. The van der Waals surface area contributed by atoms with Gasteiger partial charge in [0.25, 0.3) is 0 Å². The lowest BCUT2D eigenvalue weighted by molar-refractivity contribution is -0.0874. The molecule has 0 spiro atoms. The van der Waals surface area contributed by atoms with E-state index < -0.39 is 0 Å². The number of piperidine rings is 2. The van der Waals surface area contributed by atoms with E-state index in [1.807, 2.05) is 0 Å². The largest absolute Gasteiger partial charge is 0.307 e. The van der Waals surface area contributed by atoms with Crippen LogP contribution in [0.5, 0.6) is 0 Å². The molecule has 2 N–H and O–H groups in total. The lowest BCUT2D eigenvalue weighted by Gasteiger charge is -2.57. The summed E-state index contributed by atoms with van der Waals surface area (Å²) < 4.78 is 0. The fourth-order valence-electron chi connectivity index (χ4n) is 7.25. The Morgan fingerprint density at radius 2 is 0.964 bits per heavy atom. The van der Waals surface area contributed by atoms with Crippen molar-refractivity contribution in [3.63, 3.8) is 0 Å². The Kier molecular flexibility index (Phi) is 6.04. The Hall–Kier alpha value is -0.160. The van der Waals surface area contributed by atoms with Gasteiger partial charge in [-0.25, -0.2) is 0 Å². The maximum Gasteiger partial charge on any atom is 0.0624 e. The van der Waals surface area contributed by atoms with Gasteiger partial charge in [0.2, 0.25) is 0 Å². The second kappa shape index (κ2) is 7.51. The van der Waals surface area contributed by atoms with Gasteiger partial charge >= 0.3 is 0 Å². The van der Waals surface area contributed by atoms with Crippen LogP contribution in [0.25, 0.3) is 0 Å². The summed E-state index contributed by atoms with van der Waals surface area (Å²) in [6.07, 6.45) is 8.15. The monoisotopic (exact) mass is 392 g/mol. The Labute approximate surface area is 175 Å². The molecule has 0 atom stereocenters. The highest BCUT2D eigenvalue weighted by atomic mass is 15.4. The molecule has 0 aromatic rings. The van der Waals surface area contributed by atoms with Gasteiger partial charge in [-0.1, -0.05) is 6.92 Å². The second-order valence-electron chi connectivity index (χ2n) is 12.6. The van der Waals surface area contributed by atoms with Gasteiger partial charge in [0.05, 0.1) is 6.17 Å². The van der Waals surface area contributed by atoms with Gasteiger partial charge in [0.15, 0.2) is 0 Å². The highest BCUT2D eigenvalue weighted by molar-refractivity contribution is 5.04. The predicted molar refractivity (Wildman–Crippen MR) is 121 cm³/mol. The van der Waals surface area contributed by atoms with Crippen LogP contribution in [0.2, 0.25) is 0 Å². The third-order valence-electron chi connectivity index (χ3n) is 7.24. The Balaban J connectivity index is 1.81. The summed E-state index contributed by atoms with van der Waals surface area (Å²) in [4.78, 5) is 5.80. The van der Waals surface area contributed by atoms with Crippen molar-refractivity contribution in [3.8, 4) is 0 Å². The third-order valence-corrected chi connectivity index (χ3v) is 7.24. The Bertz CT molecular complexity index is 473. The number of nitrogens with zero attached hydrogens (tertiary/aromatic N) is 2. The molecule has 0 amide bonds. The summed E-state index contributed by atoms with van der Waals surface area (Å²) in [5.41, 5.74) is 0.856. The van der Waals surface area contributed by atoms with Crippen molar-refractivity contribution in [2.75, 3.05) is 13.1 Å². The minimum absolute atomic E-state index is 0.214. The van der Waals surface area contributed by atoms with Crippen molar-refractivity contribution in [2.24, 2.45) is 0 Å². The fraction of sp³-hybridized carbons (Fsp3) is 1.00. The first-order valence-corrected chi connectivity index (χ1v) is 11.8. The van der Waals surface area contributed by atoms with E-state index in [1.165, 1.54) is 51.6 Å². The second-order valence-corrected chi connectivity index (χ2v) is 12.6. The molecule has 0 aromatic heterocycles. The van der Waals surface area contributed by atoms with Crippen LogP contribution in [0.1, 0.15) is 101 Å². The average molecular weight is 393 g/mol. The number of nitrogens with one attached hydrogen (secondary N) is 2. The number of rotatable bonds is 3. The normalized spacial score (nSPS) is 32.5. The SMILES string of the molecule is CCC1N(C2CC(C)(C)NC(C)(C)C2)CCCN1C1CC(C)(C)NC(C)(C)C1. The smallest absolute Gasteiger partial charge is 0.0624 e. The molecule has 4 heteroatoms. The fourth-order valence-corrected chi connectivity index (χ4v) is 7.25. The van der Waals surface area contributed by atoms with Gasteiger partial charge in [-0.3, -0.25) is 9.80 Å². The summed E-state index contributed by atoms with van der Waals surface area (Å²) in [6.45, 7) is 24.1. The van der Waals surface area contributed by atoms with Gasteiger partial charge < -0.3 is 10.6 Å². The number of hydrogen-bond donors (Lipinski definition) is 2. The van der Waals surface area contributed by atoms with Gasteiger partial charge in [0, 0.05) is 47.3 Å². The van der Waals surface area contributed by atoms with Gasteiger partial charge in [-0.2, -0.15) is 0 Å². The van der Waals surface area contributed by atoms with Crippen LogP contribution in [0.4, 0.5) is 0 Å². The molecule has 3 rings (SSSR count). The van der Waals surface area contributed by atoms with E-state index in [4.69, 9.17) is 0 Å².